The molecule has 0 spiro atoms. The summed E-state index contributed by atoms with van der Waals surface area (Å²) >= 11 is 0. The molecular weight excluding hydrogens is 294 g/mol. The number of nitrogens with zero attached hydrogens (tertiary/aromatic N) is 1. The third-order valence-electron chi connectivity index (χ3n) is 3.95. The number of benzene rings is 1. The molecule has 120 valence electrons. The molecule has 0 aliphatic heterocycles. The van der Waals surface area contributed by atoms with Gasteiger partial charge in [-0.25, -0.2) is 0 Å². The van der Waals surface area contributed by atoms with Crippen LogP contribution in [0.25, 0.3) is 11.0 Å². The van der Waals surface area contributed by atoms with E-state index in [4.69, 9.17) is 4.42 Å². The number of fused-ring (bicyclic) bond motifs is 3. The van der Waals surface area contributed by atoms with Gasteiger partial charge in [0.2, 0.25) is 11.6 Å². The van der Waals surface area contributed by atoms with E-state index in [2.05, 4.69) is 0 Å². The van der Waals surface area contributed by atoms with Gasteiger partial charge in [0.15, 0.2) is 5.76 Å². The largest absolute Gasteiger partial charge is 0.508 e. The van der Waals surface area contributed by atoms with Crippen LogP contribution in [-0.2, 0) is 0 Å². The molecule has 1 aliphatic rings. The molecule has 0 saturated carbocycles. The molecule has 5 heteroatoms. The fraction of sp³-hybridized carbons (Fsp3) is 0.333. The van der Waals surface area contributed by atoms with Gasteiger partial charge in [-0.1, -0.05) is 13.8 Å². The van der Waals surface area contributed by atoms with Crippen LogP contribution in [-0.4, -0.2) is 34.7 Å². The molecule has 1 aromatic carbocycles. The molecule has 0 fully saturated rings. The second-order valence-electron chi connectivity index (χ2n) is 5.70. The van der Waals surface area contributed by atoms with Gasteiger partial charge in [-0.2, -0.15) is 0 Å². The Labute approximate surface area is 134 Å². The average Bonchev–Trinajstić information content (AvgIpc) is 2.90. The Hall–Kier alpha value is -2.56. The Morgan fingerprint density at radius 2 is 1.83 bits per heavy atom. The second-order valence-corrected chi connectivity index (χ2v) is 5.70. The summed E-state index contributed by atoms with van der Waals surface area (Å²) in [5.41, 5.74) is 1.11. The van der Waals surface area contributed by atoms with Crippen molar-refractivity contribution >= 4 is 22.5 Å². The van der Waals surface area contributed by atoms with Gasteiger partial charge in [0.25, 0.3) is 0 Å². The number of furan rings is 1. The lowest BCUT2D eigenvalue weighted by Gasteiger charge is -2.27. The van der Waals surface area contributed by atoms with E-state index in [1.54, 1.807) is 6.07 Å². The minimum atomic E-state index is -0.303. The number of allylic oxidation sites excluding steroid dienone is 2. The smallest absolute Gasteiger partial charge is 0.224 e. The van der Waals surface area contributed by atoms with Gasteiger partial charge >= 0.3 is 0 Å². The third-order valence-corrected chi connectivity index (χ3v) is 3.95. The summed E-state index contributed by atoms with van der Waals surface area (Å²) < 4.78 is 5.53. The van der Waals surface area contributed by atoms with E-state index in [1.807, 2.05) is 18.7 Å². The average molecular weight is 313 g/mol. The minimum Gasteiger partial charge on any atom is -0.508 e. The van der Waals surface area contributed by atoms with Gasteiger partial charge < -0.3 is 14.4 Å². The highest BCUT2D eigenvalue weighted by Crippen LogP contribution is 2.34. The van der Waals surface area contributed by atoms with E-state index < -0.39 is 0 Å². The van der Waals surface area contributed by atoms with Crippen LogP contribution in [0.3, 0.4) is 0 Å². The van der Waals surface area contributed by atoms with Crippen LogP contribution in [0, 0.1) is 0 Å². The zero-order valence-electron chi connectivity index (χ0n) is 13.3. The fourth-order valence-corrected chi connectivity index (χ4v) is 3.00. The summed E-state index contributed by atoms with van der Waals surface area (Å²) in [4.78, 5) is 27.3. The van der Waals surface area contributed by atoms with Crippen molar-refractivity contribution in [2.45, 2.75) is 26.7 Å². The van der Waals surface area contributed by atoms with Crippen molar-refractivity contribution in [3.8, 4) is 5.75 Å². The number of phenols is 1. The molecule has 3 rings (SSSR count). The van der Waals surface area contributed by atoms with E-state index in [1.165, 1.54) is 18.2 Å². The summed E-state index contributed by atoms with van der Waals surface area (Å²) in [7, 11) is 0. The number of aromatic hydroxyl groups is 1. The zero-order chi connectivity index (χ0) is 16.6. The summed E-state index contributed by atoms with van der Waals surface area (Å²) in [5.74, 6) is -0.419. The Balaban J connectivity index is 2.12. The summed E-state index contributed by atoms with van der Waals surface area (Å²) in [6.07, 6.45) is 3.15. The van der Waals surface area contributed by atoms with E-state index in [0.29, 0.717) is 16.7 Å². The number of carbonyl (C=O) groups excluding carboxylic acids is 2. The van der Waals surface area contributed by atoms with Gasteiger partial charge in [0.05, 0.1) is 11.3 Å². The van der Waals surface area contributed by atoms with Crippen molar-refractivity contribution in [1.29, 1.82) is 0 Å². The number of Topliss-reactive ketones (excluding diaryl/α,β-unsaturated/α-hetero) is 1. The number of rotatable bonds is 5. The molecule has 0 radical (unpaired) electrons. The maximum atomic E-state index is 12.9. The van der Waals surface area contributed by atoms with Gasteiger partial charge in [0.1, 0.15) is 11.3 Å². The molecule has 0 atom stereocenters. The van der Waals surface area contributed by atoms with E-state index in [-0.39, 0.29) is 28.6 Å². The Bertz CT molecular complexity index is 810. The lowest BCUT2D eigenvalue weighted by Crippen LogP contribution is -2.32. The fourth-order valence-electron chi connectivity index (χ4n) is 3.00. The normalized spacial score (nSPS) is 14.1. The predicted molar refractivity (Wildman–Crippen MR) is 86.8 cm³/mol. The SMILES string of the molecule is CCCN(CCC)C1=CC(=O)c2oc3ccc(O)cc3c2C1=O. The first-order valence-corrected chi connectivity index (χ1v) is 7.88. The van der Waals surface area contributed by atoms with Crippen molar-refractivity contribution in [2.75, 3.05) is 13.1 Å². The molecule has 1 aromatic heterocycles. The lowest BCUT2D eigenvalue weighted by atomic mass is 9.95. The zero-order valence-corrected chi connectivity index (χ0v) is 13.3. The molecule has 2 aromatic rings. The quantitative estimate of drug-likeness (QED) is 0.914. The van der Waals surface area contributed by atoms with E-state index >= 15 is 0 Å². The van der Waals surface area contributed by atoms with Crippen molar-refractivity contribution in [1.82, 2.24) is 4.90 Å². The molecule has 0 unspecified atom stereocenters. The highest BCUT2D eigenvalue weighted by atomic mass is 16.3. The van der Waals surface area contributed by atoms with Gasteiger partial charge in [-0.3, -0.25) is 9.59 Å². The molecule has 0 saturated heterocycles. The monoisotopic (exact) mass is 313 g/mol. The maximum absolute atomic E-state index is 12.9. The van der Waals surface area contributed by atoms with Crippen LogP contribution in [0.15, 0.2) is 34.4 Å². The molecule has 1 aliphatic carbocycles. The van der Waals surface area contributed by atoms with Crippen molar-refractivity contribution in [2.24, 2.45) is 0 Å². The van der Waals surface area contributed by atoms with E-state index in [0.717, 1.165) is 25.9 Å². The highest BCUT2D eigenvalue weighted by Gasteiger charge is 2.33. The first kappa shape index (κ1) is 15.3. The van der Waals surface area contributed by atoms with Crippen LogP contribution in [0.2, 0.25) is 0 Å². The first-order chi connectivity index (χ1) is 11.1. The number of hydrogen-bond acceptors (Lipinski definition) is 5. The van der Waals surface area contributed by atoms with Crippen LogP contribution in [0.5, 0.6) is 5.75 Å². The van der Waals surface area contributed by atoms with Crippen molar-refractivity contribution < 1.29 is 19.1 Å². The van der Waals surface area contributed by atoms with Crippen molar-refractivity contribution in [3.05, 3.63) is 41.3 Å². The second kappa shape index (κ2) is 5.91. The standard InChI is InChI=1S/C18H19NO4/c1-3-7-19(8-4-2)13-10-14(21)18-16(17(13)22)12-9-11(20)5-6-15(12)23-18/h5-6,9-10,20H,3-4,7-8H2,1-2H3. The number of ketones is 2. The number of carbonyl (C=O) groups is 2. The Morgan fingerprint density at radius 1 is 1.13 bits per heavy atom. The van der Waals surface area contributed by atoms with E-state index in [9.17, 15) is 14.7 Å². The number of phenolic OH excluding ortho intramolecular Hbond substituents is 1. The van der Waals surface area contributed by atoms with Crippen LogP contribution in [0.1, 0.15) is 47.6 Å². The maximum Gasteiger partial charge on any atom is 0.224 e. The lowest BCUT2D eigenvalue weighted by molar-refractivity contribution is 0.0938. The van der Waals surface area contributed by atoms with Gasteiger partial charge in [0, 0.05) is 24.6 Å². The van der Waals surface area contributed by atoms with Gasteiger partial charge in [-0.15, -0.1) is 0 Å². The van der Waals surface area contributed by atoms with Crippen LogP contribution in [0.4, 0.5) is 0 Å². The minimum absolute atomic E-state index is 0.0384. The molecule has 0 bridgehead atoms. The Morgan fingerprint density at radius 3 is 2.48 bits per heavy atom. The molecular formula is C18H19NO4. The molecule has 1 N–H and O–H groups in total. The summed E-state index contributed by atoms with van der Waals surface area (Å²) in [6, 6.07) is 4.51. The third kappa shape index (κ3) is 2.52. The van der Waals surface area contributed by atoms with Crippen molar-refractivity contribution in [3.63, 3.8) is 0 Å². The van der Waals surface area contributed by atoms with Crippen LogP contribution >= 0.6 is 0 Å². The van der Waals surface area contributed by atoms with Gasteiger partial charge in [-0.05, 0) is 31.0 Å². The summed E-state index contributed by atoms with van der Waals surface area (Å²) in [5, 5.41) is 10.2. The first-order valence-electron chi connectivity index (χ1n) is 7.88. The highest BCUT2D eigenvalue weighted by molar-refractivity contribution is 6.28. The summed E-state index contributed by atoms with van der Waals surface area (Å²) in [6.45, 7) is 5.51. The number of hydrogen-bond donors (Lipinski definition) is 1. The molecule has 5 nitrogen and oxygen atoms in total. The Kier molecular flexibility index (Phi) is 3.94. The topological polar surface area (TPSA) is 70.8 Å². The molecule has 1 heterocycles. The predicted octanol–water partition coefficient (Wildman–Crippen LogP) is 3.52. The van der Waals surface area contributed by atoms with Crippen LogP contribution < -0.4 is 0 Å². The molecule has 0 amide bonds. The molecule has 23 heavy (non-hydrogen) atoms.